The maximum absolute atomic E-state index is 11.7. The largest absolute Gasteiger partial charge is 0.345 e. The van der Waals surface area contributed by atoms with Gasteiger partial charge >= 0.3 is 6.61 Å². The molecular weight excluding hydrogens is 174 g/mol. The van der Waals surface area contributed by atoms with Crippen molar-refractivity contribution in [3.8, 4) is 0 Å². The Labute approximate surface area is 78.8 Å². The molecule has 78 valence electrons. The van der Waals surface area contributed by atoms with Crippen LogP contribution in [0.25, 0.3) is 0 Å². The van der Waals surface area contributed by atoms with Crippen molar-refractivity contribution in [2.75, 3.05) is 0 Å². The molecule has 1 fully saturated rings. The van der Waals surface area contributed by atoms with Crippen LogP contribution in [0.5, 0.6) is 0 Å². The van der Waals surface area contributed by atoms with Crippen molar-refractivity contribution in [1.29, 1.82) is 0 Å². The summed E-state index contributed by atoms with van der Waals surface area (Å²) in [4.78, 5) is 0. The van der Waals surface area contributed by atoms with Gasteiger partial charge in [0.15, 0.2) is 0 Å². The Bertz CT molecular complexity index is 120. The minimum Gasteiger partial charge on any atom is -0.320 e. The SMILES string of the molecule is C=C.CC1CCC(OC(F)F)CC1. The molecule has 0 aromatic rings. The van der Waals surface area contributed by atoms with Crippen LogP contribution in [0.2, 0.25) is 0 Å². The number of ether oxygens (including phenoxy) is 1. The topological polar surface area (TPSA) is 9.23 Å². The Morgan fingerprint density at radius 3 is 2.00 bits per heavy atom. The molecule has 0 radical (unpaired) electrons. The summed E-state index contributed by atoms with van der Waals surface area (Å²) in [5.41, 5.74) is 0. The minimum absolute atomic E-state index is 0.189. The summed E-state index contributed by atoms with van der Waals surface area (Å²) in [6.07, 6.45) is 3.46. The third kappa shape index (κ3) is 5.75. The summed E-state index contributed by atoms with van der Waals surface area (Å²) < 4.78 is 27.8. The van der Waals surface area contributed by atoms with Gasteiger partial charge < -0.3 is 4.74 Å². The second-order valence-corrected chi connectivity index (χ2v) is 3.28. The fraction of sp³-hybridized carbons (Fsp3) is 0.800. The molecule has 0 N–H and O–H groups in total. The van der Waals surface area contributed by atoms with Gasteiger partial charge in [-0.2, -0.15) is 8.78 Å². The zero-order valence-corrected chi connectivity index (χ0v) is 8.14. The predicted octanol–water partition coefficient (Wildman–Crippen LogP) is 3.61. The number of halogens is 2. The first-order valence-corrected chi connectivity index (χ1v) is 4.62. The first-order valence-electron chi connectivity index (χ1n) is 4.62. The van der Waals surface area contributed by atoms with E-state index in [-0.39, 0.29) is 6.10 Å². The van der Waals surface area contributed by atoms with Gasteiger partial charge in [0.1, 0.15) is 0 Å². The van der Waals surface area contributed by atoms with Crippen molar-refractivity contribution in [3.63, 3.8) is 0 Å². The standard InChI is InChI=1S/C8H14F2O.C2H4/c1-6-2-4-7(5-3-6)11-8(9)10;1-2/h6-8H,2-5H2,1H3;1-2H2. The molecule has 0 saturated heterocycles. The number of alkyl halides is 2. The predicted molar refractivity (Wildman–Crippen MR) is 49.8 cm³/mol. The zero-order chi connectivity index (χ0) is 10.3. The van der Waals surface area contributed by atoms with Gasteiger partial charge in [-0.3, -0.25) is 0 Å². The maximum atomic E-state index is 11.7. The van der Waals surface area contributed by atoms with E-state index in [0.29, 0.717) is 5.92 Å². The van der Waals surface area contributed by atoms with Gasteiger partial charge in [0.05, 0.1) is 6.10 Å². The summed E-state index contributed by atoms with van der Waals surface area (Å²) in [6.45, 7) is 5.56. The summed E-state index contributed by atoms with van der Waals surface area (Å²) in [5, 5.41) is 0. The molecule has 0 unspecified atom stereocenters. The number of rotatable bonds is 2. The fourth-order valence-corrected chi connectivity index (χ4v) is 1.51. The van der Waals surface area contributed by atoms with Crippen molar-refractivity contribution in [3.05, 3.63) is 13.2 Å². The van der Waals surface area contributed by atoms with Crippen molar-refractivity contribution in [2.45, 2.75) is 45.3 Å². The molecule has 0 aromatic carbocycles. The van der Waals surface area contributed by atoms with Crippen LogP contribution >= 0.6 is 0 Å². The zero-order valence-electron chi connectivity index (χ0n) is 8.14. The molecule has 1 rings (SSSR count). The lowest BCUT2D eigenvalue weighted by Crippen LogP contribution is -2.22. The lowest BCUT2D eigenvalue weighted by Gasteiger charge is -2.25. The van der Waals surface area contributed by atoms with Crippen LogP contribution in [0.4, 0.5) is 8.78 Å². The van der Waals surface area contributed by atoms with E-state index in [1.807, 2.05) is 0 Å². The molecule has 0 bridgehead atoms. The van der Waals surface area contributed by atoms with Crippen LogP contribution in [0.1, 0.15) is 32.6 Å². The molecule has 0 aromatic heterocycles. The van der Waals surface area contributed by atoms with E-state index in [1.165, 1.54) is 0 Å². The highest BCUT2D eigenvalue weighted by atomic mass is 19.3. The Morgan fingerprint density at radius 2 is 1.62 bits per heavy atom. The third-order valence-electron chi connectivity index (χ3n) is 2.26. The molecular formula is C10H18F2O. The fourth-order valence-electron chi connectivity index (χ4n) is 1.51. The summed E-state index contributed by atoms with van der Waals surface area (Å²) >= 11 is 0. The van der Waals surface area contributed by atoms with Crippen molar-refractivity contribution >= 4 is 0 Å². The van der Waals surface area contributed by atoms with Gasteiger partial charge in [-0.1, -0.05) is 6.92 Å². The summed E-state index contributed by atoms with van der Waals surface area (Å²) in [7, 11) is 0. The third-order valence-corrected chi connectivity index (χ3v) is 2.26. The van der Waals surface area contributed by atoms with E-state index in [4.69, 9.17) is 0 Å². The van der Waals surface area contributed by atoms with Gasteiger partial charge in [-0.05, 0) is 31.6 Å². The average Bonchev–Trinajstić information content (AvgIpc) is 2.12. The van der Waals surface area contributed by atoms with Gasteiger partial charge in [0.25, 0.3) is 0 Å². The first-order chi connectivity index (χ1) is 6.18. The van der Waals surface area contributed by atoms with Crippen LogP contribution in [0.3, 0.4) is 0 Å². The van der Waals surface area contributed by atoms with Crippen LogP contribution in [0, 0.1) is 5.92 Å². The molecule has 0 heterocycles. The van der Waals surface area contributed by atoms with E-state index >= 15 is 0 Å². The van der Waals surface area contributed by atoms with E-state index in [0.717, 1.165) is 25.7 Å². The molecule has 0 spiro atoms. The molecule has 1 saturated carbocycles. The Hall–Kier alpha value is -0.440. The van der Waals surface area contributed by atoms with E-state index in [9.17, 15) is 8.78 Å². The van der Waals surface area contributed by atoms with E-state index < -0.39 is 6.61 Å². The number of hydrogen-bond donors (Lipinski definition) is 0. The quantitative estimate of drug-likeness (QED) is 0.607. The molecule has 13 heavy (non-hydrogen) atoms. The van der Waals surface area contributed by atoms with E-state index in [2.05, 4.69) is 24.8 Å². The average molecular weight is 192 g/mol. The second-order valence-electron chi connectivity index (χ2n) is 3.28. The van der Waals surface area contributed by atoms with Crippen LogP contribution < -0.4 is 0 Å². The molecule has 1 aliphatic carbocycles. The van der Waals surface area contributed by atoms with Gasteiger partial charge in [0.2, 0.25) is 0 Å². The van der Waals surface area contributed by atoms with Crippen LogP contribution in [-0.4, -0.2) is 12.7 Å². The Balaban J connectivity index is 0.000000671. The van der Waals surface area contributed by atoms with Crippen LogP contribution in [0.15, 0.2) is 13.2 Å². The maximum Gasteiger partial charge on any atom is 0.345 e. The molecule has 0 atom stereocenters. The molecule has 3 heteroatoms. The smallest absolute Gasteiger partial charge is 0.320 e. The van der Waals surface area contributed by atoms with Gasteiger partial charge in [0, 0.05) is 0 Å². The summed E-state index contributed by atoms with van der Waals surface area (Å²) in [6, 6.07) is 0. The second kappa shape index (κ2) is 7.01. The highest BCUT2D eigenvalue weighted by Crippen LogP contribution is 2.26. The molecule has 0 amide bonds. The lowest BCUT2D eigenvalue weighted by molar-refractivity contribution is -0.171. The molecule has 1 aliphatic rings. The number of hydrogen-bond acceptors (Lipinski definition) is 1. The highest BCUT2D eigenvalue weighted by molar-refractivity contribution is 4.69. The Morgan fingerprint density at radius 1 is 1.15 bits per heavy atom. The normalized spacial score (nSPS) is 28.0. The minimum atomic E-state index is -2.59. The molecule has 0 aliphatic heterocycles. The lowest BCUT2D eigenvalue weighted by atomic mass is 9.89. The van der Waals surface area contributed by atoms with Gasteiger partial charge in [-0.15, -0.1) is 13.2 Å². The summed E-state index contributed by atoms with van der Waals surface area (Å²) in [5.74, 6) is 0.688. The van der Waals surface area contributed by atoms with Gasteiger partial charge in [-0.25, -0.2) is 0 Å². The first kappa shape index (κ1) is 12.6. The highest BCUT2D eigenvalue weighted by Gasteiger charge is 2.21. The Kier molecular flexibility index (Phi) is 6.77. The van der Waals surface area contributed by atoms with Crippen LogP contribution in [-0.2, 0) is 4.74 Å². The van der Waals surface area contributed by atoms with Crippen molar-refractivity contribution in [1.82, 2.24) is 0 Å². The molecule has 1 nitrogen and oxygen atoms in total. The van der Waals surface area contributed by atoms with E-state index in [1.54, 1.807) is 0 Å². The van der Waals surface area contributed by atoms with Crippen molar-refractivity contribution < 1.29 is 13.5 Å². The van der Waals surface area contributed by atoms with Crippen molar-refractivity contribution in [2.24, 2.45) is 5.92 Å². The monoisotopic (exact) mass is 192 g/mol.